The van der Waals surface area contributed by atoms with Gasteiger partial charge >= 0.3 is 0 Å². The number of nitrogens with zero attached hydrogens (tertiary/aromatic N) is 2. The topological polar surface area (TPSA) is 84.0 Å². The van der Waals surface area contributed by atoms with Crippen LogP contribution in [0.5, 0.6) is 0 Å². The minimum Gasteiger partial charge on any atom is -0.355 e. The Kier molecular flexibility index (Phi) is 5.52. The molecule has 152 valence electrons. The molecule has 0 unspecified atom stereocenters. The van der Waals surface area contributed by atoms with Gasteiger partial charge in [0.1, 0.15) is 0 Å². The highest BCUT2D eigenvalue weighted by atomic mass is 32.2. The van der Waals surface area contributed by atoms with Gasteiger partial charge in [-0.2, -0.15) is 0 Å². The number of aromatic nitrogens is 2. The van der Waals surface area contributed by atoms with E-state index in [0.29, 0.717) is 10.5 Å². The van der Waals surface area contributed by atoms with Gasteiger partial charge in [0.25, 0.3) is 0 Å². The Morgan fingerprint density at radius 2 is 1.59 bits per heavy atom. The Morgan fingerprint density at radius 3 is 2.31 bits per heavy atom. The molecule has 1 aliphatic carbocycles. The van der Waals surface area contributed by atoms with E-state index in [1.54, 1.807) is 24.3 Å². The summed E-state index contributed by atoms with van der Waals surface area (Å²) in [5.41, 5.74) is 4.20. The lowest BCUT2D eigenvalue weighted by molar-refractivity contribution is 0.412. The summed E-state index contributed by atoms with van der Waals surface area (Å²) in [6, 6.07) is 12.8. The number of benzene rings is 1. The molecule has 0 radical (unpaired) electrons. The monoisotopic (exact) mass is 410 g/mol. The van der Waals surface area contributed by atoms with Crippen molar-refractivity contribution in [3.05, 3.63) is 53.9 Å². The van der Waals surface area contributed by atoms with Crippen molar-refractivity contribution in [3.63, 3.8) is 0 Å². The van der Waals surface area contributed by atoms with Crippen LogP contribution in [0.25, 0.3) is 11.0 Å². The van der Waals surface area contributed by atoms with Gasteiger partial charge in [0.2, 0.25) is 10.0 Å². The lowest BCUT2D eigenvalue weighted by Gasteiger charge is -2.22. The van der Waals surface area contributed by atoms with E-state index in [0.717, 1.165) is 53.8 Å². The molecule has 0 amide bonds. The van der Waals surface area contributed by atoms with Gasteiger partial charge in [-0.15, -0.1) is 0 Å². The third kappa shape index (κ3) is 4.57. The summed E-state index contributed by atoms with van der Waals surface area (Å²) in [6.45, 7) is 3.87. The van der Waals surface area contributed by atoms with Crippen molar-refractivity contribution in [2.24, 2.45) is 0 Å². The molecule has 0 bridgehead atoms. The van der Waals surface area contributed by atoms with Gasteiger partial charge in [-0.1, -0.05) is 19.3 Å². The normalized spacial score (nSPS) is 15.5. The number of fused-ring (bicyclic) bond motifs is 1. The summed E-state index contributed by atoms with van der Waals surface area (Å²) in [7, 11) is -3.49. The zero-order chi connectivity index (χ0) is 20.4. The van der Waals surface area contributed by atoms with Crippen molar-refractivity contribution >= 4 is 32.4 Å². The summed E-state index contributed by atoms with van der Waals surface area (Å²) in [6.07, 6.45) is 5.20. The van der Waals surface area contributed by atoms with Crippen molar-refractivity contribution < 1.29 is 8.42 Å². The van der Waals surface area contributed by atoms with E-state index in [1.165, 1.54) is 6.42 Å². The van der Waals surface area contributed by atoms with Gasteiger partial charge in [-0.05, 0) is 69.2 Å². The third-order valence-electron chi connectivity index (χ3n) is 5.31. The van der Waals surface area contributed by atoms with Crippen LogP contribution in [0.3, 0.4) is 0 Å². The maximum Gasteiger partial charge on any atom is 0.240 e. The first-order valence-corrected chi connectivity index (χ1v) is 11.5. The molecule has 0 saturated heterocycles. The van der Waals surface area contributed by atoms with E-state index in [9.17, 15) is 8.42 Å². The average molecular weight is 411 g/mol. The van der Waals surface area contributed by atoms with E-state index in [1.807, 2.05) is 32.0 Å². The molecule has 1 aromatic carbocycles. The van der Waals surface area contributed by atoms with E-state index >= 15 is 0 Å². The molecule has 4 rings (SSSR count). The first-order chi connectivity index (χ1) is 13.9. The largest absolute Gasteiger partial charge is 0.355 e. The van der Waals surface area contributed by atoms with E-state index < -0.39 is 10.0 Å². The molecule has 2 heterocycles. The fraction of sp³-hybridized carbons (Fsp3) is 0.364. The molecule has 0 spiro atoms. The van der Waals surface area contributed by atoms with Crippen molar-refractivity contribution in [2.45, 2.75) is 56.9 Å². The Hall–Kier alpha value is -2.51. The van der Waals surface area contributed by atoms with E-state index in [4.69, 9.17) is 0 Å². The Balaban J connectivity index is 1.55. The highest BCUT2D eigenvalue weighted by Gasteiger charge is 2.21. The van der Waals surface area contributed by atoms with Gasteiger partial charge in [0, 0.05) is 28.5 Å². The van der Waals surface area contributed by atoms with Gasteiger partial charge < -0.3 is 5.32 Å². The minimum atomic E-state index is -3.49. The number of pyridine rings is 2. The van der Waals surface area contributed by atoms with Crippen LogP contribution in [0, 0.1) is 13.8 Å². The van der Waals surface area contributed by atoms with Gasteiger partial charge in [-0.25, -0.2) is 23.1 Å². The Morgan fingerprint density at radius 1 is 0.897 bits per heavy atom. The summed E-state index contributed by atoms with van der Waals surface area (Å²) < 4.78 is 28.2. The predicted octanol–water partition coefficient (Wildman–Crippen LogP) is 4.60. The lowest BCUT2D eigenvalue weighted by Crippen LogP contribution is -2.36. The molecule has 29 heavy (non-hydrogen) atoms. The molecule has 2 aromatic heterocycles. The van der Waals surface area contributed by atoms with Crippen LogP contribution in [-0.4, -0.2) is 24.4 Å². The number of aryl methyl sites for hydroxylation is 2. The maximum atomic E-state index is 12.7. The predicted molar refractivity (Wildman–Crippen MR) is 116 cm³/mol. The maximum absolute atomic E-state index is 12.7. The molecular formula is C22H26N4O2S. The summed E-state index contributed by atoms with van der Waals surface area (Å²) in [4.78, 5) is 9.30. The summed E-state index contributed by atoms with van der Waals surface area (Å²) in [5.74, 6) is 0. The third-order valence-corrected chi connectivity index (χ3v) is 6.85. The van der Waals surface area contributed by atoms with E-state index in [2.05, 4.69) is 20.0 Å². The SMILES string of the molecule is Cc1ccc2c(Nc3ccc(S(=O)(=O)NC4CCCCC4)cc3)cc(C)nc2n1. The van der Waals surface area contributed by atoms with Crippen LogP contribution in [0.2, 0.25) is 0 Å². The molecule has 1 fully saturated rings. The standard InChI is InChI=1S/C22H26N4O2S/c1-15-8-13-20-21(14-16(2)24-22(20)23-15)25-17-9-11-19(12-10-17)29(27,28)26-18-6-4-3-5-7-18/h8-14,18,26H,3-7H2,1-2H3,(H,23,24,25). The van der Waals surface area contributed by atoms with Crippen LogP contribution in [0.4, 0.5) is 11.4 Å². The van der Waals surface area contributed by atoms with Crippen LogP contribution in [0.15, 0.2) is 47.4 Å². The fourth-order valence-corrected chi connectivity index (χ4v) is 5.11. The minimum absolute atomic E-state index is 0.0497. The van der Waals surface area contributed by atoms with Crippen LogP contribution in [0.1, 0.15) is 43.5 Å². The Bertz CT molecular complexity index is 1120. The zero-order valence-corrected chi connectivity index (χ0v) is 17.6. The van der Waals surface area contributed by atoms with Gasteiger partial charge in [-0.3, -0.25) is 0 Å². The highest BCUT2D eigenvalue weighted by molar-refractivity contribution is 7.89. The molecule has 0 atom stereocenters. The van der Waals surface area contributed by atoms with Crippen molar-refractivity contribution in [1.82, 2.24) is 14.7 Å². The van der Waals surface area contributed by atoms with E-state index in [-0.39, 0.29) is 6.04 Å². The van der Waals surface area contributed by atoms with Crippen molar-refractivity contribution in [1.29, 1.82) is 0 Å². The molecule has 0 aliphatic heterocycles. The number of hydrogen-bond acceptors (Lipinski definition) is 5. The van der Waals surface area contributed by atoms with Gasteiger partial charge in [0.15, 0.2) is 5.65 Å². The van der Waals surface area contributed by atoms with Crippen LogP contribution in [-0.2, 0) is 10.0 Å². The molecule has 1 saturated carbocycles. The summed E-state index contributed by atoms with van der Waals surface area (Å²) in [5, 5.41) is 4.30. The molecule has 1 aliphatic rings. The smallest absolute Gasteiger partial charge is 0.240 e. The molecular weight excluding hydrogens is 384 g/mol. The zero-order valence-electron chi connectivity index (χ0n) is 16.8. The molecule has 6 nitrogen and oxygen atoms in total. The molecule has 2 N–H and O–H groups in total. The van der Waals surface area contributed by atoms with Crippen molar-refractivity contribution in [2.75, 3.05) is 5.32 Å². The second-order valence-corrected chi connectivity index (χ2v) is 9.45. The summed E-state index contributed by atoms with van der Waals surface area (Å²) >= 11 is 0. The van der Waals surface area contributed by atoms with Crippen molar-refractivity contribution in [3.8, 4) is 0 Å². The number of nitrogens with one attached hydrogen (secondary N) is 2. The Labute approximate surface area is 171 Å². The number of anilines is 2. The second kappa shape index (κ2) is 8.08. The lowest BCUT2D eigenvalue weighted by atomic mass is 9.96. The number of sulfonamides is 1. The average Bonchev–Trinajstić information content (AvgIpc) is 2.68. The first-order valence-electron chi connectivity index (χ1n) is 10.1. The van der Waals surface area contributed by atoms with Crippen LogP contribution >= 0.6 is 0 Å². The first kappa shape index (κ1) is 19.8. The molecule has 3 aromatic rings. The highest BCUT2D eigenvalue weighted by Crippen LogP contribution is 2.27. The van der Waals surface area contributed by atoms with Gasteiger partial charge in [0.05, 0.1) is 10.6 Å². The molecule has 7 heteroatoms. The number of hydrogen-bond donors (Lipinski definition) is 2. The van der Waals surface area contributed by atoms with Crippen LogP contribution < -0.4 is 10.0 Å². The fourth-order valence-electron chi connectivity index (χ4n) is 3.81. The number of rotatable bonds is 5. The second-order valence-electron chi connectivity index (χ2n) is 7.74. The quantitative estimate of drug-likeness (QED) is 0.642.